The Hall–Kier alpha value is -2.22. The number of carbonyl (C=O) groups is 1. The van der Waals surface area contributed by atoms with Gasteiger partial charge in [-0.1, -0.05) is 24.2 Å². The van der Waals surface area contributed by atoms with E-state index in [1.54, 1.807) is 19.1 Å². The second kappa shape index (κ2) is 6.91. The molecule has 2 aromatic rings. The van der Waals surface area contributed by atoms with E-state index in [1.807, 2.05) is 6.92 Å². The fourth-order valence-corrected chi connectivity index (χ4v) is 2.71. The number of nitrogens with zero attached hydrogens (tertiary/aromatic N) is 2. The van der Waals surface area contributed by atoms with Gasteiger partial charge in [0.25, 0.3) is 0 Å². The average molecular weight is 337 g/mol. The summed E-state index contributed by atoms with van der Waals surface area (Å²) in [4.78, 5) is 16.5. The number of aryl methyl sites for hydroxylation is 1. The van der Waals surface area contributed by atoms with Gasteiger partial charge in [0, 0.05) is 6.26 Å². The van der Waals surface area contributed by atoms with Crippen LogP contribution in [0.15, 0.2) is 33.7 Å². The molecule has 7 nitrogen and oxygen atoms in total. The van der Waals surface area contributed by atoms with E-state index in [9.17, 15) is 13.2 Å². The van der Waals surface area contributed by atoms with E-state index < -0.39 is 9.84 Å². The van der Waals surface area contributed by atoms with Crippen molar-refractivity contribution in [3.63, 3.8) is 0 Å². The van der Waals surface area contributed by atoms with Gasteiger partial charge < -0.3 is 9.84 Å². The minimum absolute atomic E-state index is 0.146. The van der Waals surface area contributed by atoms with Crippen molar-refractivity contribution in [3.05, 3.63) is 41.5 Å². The average Bonchev–Trinajstić information content (AvgIpc) is 2.91. The molecule has 8 heteroatoms. The number of hydrogen-bond acceptors (Lipinski definition) is 6. The van der Waals surface area contributed by atoms with Gasteiger partial charge in [0.05, 0.1) is 11.3 Å². The number of rotatable bonds is 6. The highest BCUT2D eigenvalue weighted by atomic mass is 32.2. The molecule has 1 heterocycles. The van der Waals surface area contributed by atoms with Crippen molar-refractivity contribution in [3.8, 4) is 0 Å². The molecule has 1 aromatic carbocycles. The van der Waals surface area contributed by atoms with E-state index in [1.165, 1.54) is 12.1 Å². The molecule has 1 amide bonds. The molecule has 0 unspecified atom stereocenters. The predicted octanol–water partition coefficient (Wildman–Crippen LogP) is 1.59. The third-order valence-electron chi connectivity index (χ3n) is 3.30. The van der Waals surface area contributed by atoms with Crippen LogP contribution in [0.25, 0.3) is 0 Å². The number of benzene rings is 1. The van der Waals surface area contributed by atoms with Crippen LogP contribution in [-0.2, 0) is 21.1 Å². The first-order chi connectivity index (χ1) is 10.8. The Balaban J connectivity index is 2.01. The summed E-state index contributed by atoms with van der Waals surface area (Å²) in [6.45, 7) is 3.62. The fraction of sp³-hybridized carbons (Fsp3) is 0.400. The maximum atomic E-state index is 12.1. The number of aromatic nitrogens is 2. The summed E-state index contributed by atoms with van der Waals surface area (Å²) >= 11 is 0. The number of sulfone groups is 1. The van der Waals surface area contributed by atoms with Gasteiger partial charge in [-0.15, -0.1) is 0 Å². The van der Waals surface area contributed by atoms with Crippen LogP contribution in [-0.4, -0.2) is 30.7 Å². The van der Waals surface area contributed by atoms with E-state index >= 15 is 0 Å². The first-order valence-corrected chi connectivity index (χ1v) is 9.07. The van der Waals surface area contributed by atoms with E-state index in [0.29, 0.717) is 18.1 Å². The fourth-order valence-electron chi connectivity index (χ4n) is 2.08. The van der Waals surface area contributed by atoms with E-state index in [4.69, 9.17) is 4.52 Å². The molecule has 0 radical (unpaired) electrons. The molecule has 0 aliphatic rings. The molecule has 0 spiro atoms. The highest BCUT2D eigenvalue weighted by Gasteiger charge is 2.19. The number of amides is 1. The normalized spacial score (nSPS) is 12.8. The zero-order valence-electron chi connectivity index (χ0n) is 13.2. The second-order valence-electron chi connectivity index (χ2n) is 5.30. The van der Waals surface area contributed by atoms with Crippen LogP contribution in [0, 0.1) is 6.92 Å². The predicted molar refractivity (Wildman–Crippen MR) is 83.5 cm³/mol. The van der Waals surface area contributed by atoms with Gasteiger partial charge in [0.15, 0.2) is 15.7 Å². The van der Waals surface area contributed by atoms with Crippen molar-refractivity contribution < 1.29 is 17.7 Å². The first-order valence-electron chi connectivity index (χ1n) is 7.18. The van der Waals surface area contributed by atoms with Crippen LogP contribution in [0.3, 0.4) is 0 Å². The lowest BCUT2D eigenvalue weighted by molar-refractivity contribution is -0.121. The molecule has 0 saturated carbocycles. The summed E-state index contributed by atoms with van der Waals surface area (Å²) in [5, 5.41) is 6.55. The largest absolute Gasteiger partial charge is 0.344 e. The Kier molecular flexibility index (Phi) is 5.15. The Morgan fingerprint density at radius 3 is 2.43 bits per heavy atom. The Labute approximate surface area is 135 Å². The summed E-state index contributed by atoms with van der Waals surface area (Å²) in [6, 6.07) is 5.92. The molecular weight excluding hydrogens is 318 g/mol. The minimum atomic E-state index is -3.23. The van der Waals surface area contributed by atoms with Crippen LogP contribution in [0.5, 0.6) is 0 Å². The van der Waals surface area contributed by atoms with Crippen LogP contribution in [0.4, 0.5) is 0 Å². The van der Waals surface area contributed by atoms with Crippen molar-refractivity contribution in [2.24, 2.45) is 0 Å². The maximum Gasteiger partial charge on any atom is 0.249 e. The molecule has 23 heavy (non-hydrogen) atoms. The highest BCUT2D eigenvalue weighted by Crippen LogP contribution is 2.15. The van der Waals surface area contributed by atoms with Crippen LogP contribution >= 0.6 is 0 Å². The summed E-state index contributed by atoms with van der Waals surface area (Å²) in [5.74, 6) is 0.703. The molecular formula is C15H19N3O4S. The number of carbonyl (C=O) groups excluding carboxylic acids is 1. The second-order valence-corrected chi connectivity index (χ2v) is 7.32. The van der Waals surface area contributed by atoms with Crippen LogP contribution in [0.2, 0.25) is 0 Å². The lowest BCUT2D eigenvalue weighted by Crippen LogP contribution is -2.29. The van der Waals surface area contributed by atoms with Crippen molar-refractivity contribution >= 4 is 15.7 Å². The summed E-state index contributed by atoms with van der Waals surface area (Å²) in [6.07, 6.45) is 1.92. The Morgan fingerprint density at radius 2 is 1.96 bits per heavy atom. The zero-order chi connectivity index (χ0) is 17.0. The van der Waals surface area contributed by atoms with Crippen molar-refractivity contribution in [1.82, 2.24) is 15.5 Å². The summed E-state index contributed by atoms with van der Waals surface area (Å²) in [7, 11) is -3.23. The zero-order valence-corrected chi connectivity index (χ0v) is 14.1. The third-order valence-corrected chi connectivity index (χ3v) is 4.43. The number of nitrogens with one attached hydrogen (secondary N) is 1. The highest BCUT2D eigenvalue weighted by molar-refractivity contribution is 7.90. The van der Waals surface area contributed by atoms with Crippen molar-refractivity contribution in [2.45, 2.75) is 37.6 Å². The van der Waals surface area contributed by atoms with Crippen molar-refractivity contribution in [2.75, 3.05) is 6.26 Å². The Morgan fingerprint density at radius 1 is 1.30 bits per heavy atom. The van der Waals surface area contributed by atoms with Gasteiger partial charge in [0.2, 0.25) is 11.8 Å². The molecule has 1 atom stereocenters. The van der Waals surface area contributed by atoms with Crippen LogP contribution in [0.1, 0.15) is 36.7 Å². The van der Waals surface area contributed by atoms with Gasteiger partial charge in [-0.2, -0.15) is 4.98 Å². The molecule has 1 aromatic heterocycles. The molecule has 0 saturated heterocycles. The van der Waals surface area contributed by atoms with Gasteiger partial charge in [-0.25, -0.2) is 8.42 Å². The molecule has 0 aliphatic heterocycles. The molecule has 124 valence electrons. The van der Waals surface area contributed by atoms with Crippen molar-refractivity contribution in [1.29, 1.82) is 0 Å². The molecule has 0 fully saturated rings. The summed E-state index contributed by atoms with van der Waals surface area (Å²) in [5.41, 5.74) is 0.728. The third kappa shape index (κ3) is 4.62. The quantitative estimate of drug-likeness (QED) is 0.859. The minimum Gasteiger partial charge on any atom is -0.344 e. The van der Waals surface area contributed by atoms with Gasteiger partial charge in [-0.05, 0) is 31.0 Å². The Bertz CT molecular complexity index is 781. The monoisotopic (exact) mass is 337 g/mol. The standard InChI is InChI=1S/C15H19N3O4S/c1-4-13(15-16-10(2)18-22-15)17-14(19)9-11-5-7-12(8-6-11)23(3,20)21/h5-8,13H,4,9H2,1-3H3,(H,17,19)/t13-/m0/s1. The van der Waals surface area contributed by atoms with Gasteiger partial charge >= 0.3 is 0 Å². The first kappa shape index (κ1) is 17.1. The molecule has 0 aliphatic carbocycles. The van der Waals surface area contributed by atoms with Gasteiger partial charge in [0.1, 0.15) is 6.04 Å². The molecule has 2 rings (SSSR count). The lowest BCUT2D eigenvalue weighted by atomic mass is 10.1. The topological polar surface area (TPSA) is 102 Å². The van der Waals surface area contributed by atoms with Gasteiger partial charge in [-0.3, -0.25) is 4.79 Å². The smallest absolute Gasteiger partial charge is 0.249 e. The molecule has 1 N–H and O–H groups in total. The summed E-state index contributed by atoms with van der Waals surface area (Å²) < 4.78 is 27.9. The maximum absolute atomic E-state index is 12.1. The lowest BCUT2D eigenvalue weighted by Gasteiger charge is -2.12. The van der Waals surface area contributed by atoms with E-state index in [2.05, 4.69) is 15.5 Å². The van der Waals surface area contributed by atoms with Crippen LogP contribution < -0.4 is 5.32 Å². The van der Waals surface area contributed by atoms with E-state index in [0.717, 1.165) is 11.8 Å². The van der Waals surface area contributed by atoms with E-state index in [-0.39, 0.29) is 23.3 Å². The SMILES string of the molecule is CC[C@H](NC(=O)Cc1ccc(S(C)(=O)=O)cc1)c1nc(C)no1. The molecule has 0 bridgehead atoms. The number of hydrogen-bond donors (Lipinski definition) is 1.